The summed E-state index contributed by atoms with van der Waals surface area (Å²) in [5.41, 5.74) is 1.29. The Balaban J connectivity index is 1.69. The number of aryl methyl sites for hydroxylation is 2. The Kier molecular flexibility index (Phi) is 4.63. The molecule has 0 unspecified atom stereocenters. The van der Waals surface area contributed by atoms with Gasteiger partial charge in [0, 0.05) is 10.7 Å². The Hall–Kier alpha value is -2.80. The first-order valence-corrected chi connectivity index (χ1v) is 9.05. The minimum Gasteiger partial charge on any atom is -0.322 e. The topological polar surface area (TPSA) is 46.9 Å². The lowest BCUT2D eigenvalue weighted by atomic mass is 10.1. The lowest BCUT2D eigenvalue weighted by Gasteiger charge is -2.13. The fraction of sp³-hybridized carbons (Fsp3) is 0.200. The number of rotatable bonds is 3. The Morgan fingerprint density at radius 3 is 2.50 bits per heavy atom. The highest BCUT2D eigenvalue weighted by molar-refractivity contribution is 6.30. The Labute approximate surface area is 163 Å². The second-order valence-corrected chi connectivity index (χ2v) is 7.02. The van der Waals surface area contributed by atoms with Gasteiger partial charge in [-0.2, -0.15) is 18.3 Å². The number of carbonyl (C=O) groups is 1. The van der Waals surface area contributed by atoms with Gasteiger partial charge in [0.25, 0.3) is 5.91 Å². The molecule has 0 fully saturated rings. The number of alkyl halides is 3. The average Bonchev–Trinajstić information content (AvgIpc) is 3.28. The maximum absolute atomic E-state index is 13.7. The summed E-state index contributed by atoms with van der Waals surface area (Å²) < 4.78 is 41.9. The monoisotopic (exact) mass is 405 g/mol. The van der Waals surface area contributed by atoms with Crippen LogP contribution in [-0.4, -0.2) is 15.7 Å². The molecule has 4 nitrogen and oxygen atoms in total. The number of hydrogen-bond acceptors (Lipinski definition) is 2. The van der Waals surface area contributed by atoms with E-state index in [0.717, 1.165) is 31.0 Å². The van der Waals surface area contributed by atoms with Gasteiger partial charge in [-0.25, -0.2) is 4.68 Å². The summed E-state index contributed by atoms with van der Waals surface area (Å²) in [5.74, 6) is -0.856. The highest BCUT2D eigenvalue weighted by atomic mass is 35.5. The maximum atomic E-state index is 13.7. The first kappa shape index (κ1) is 18.6. The van der Waals surface area contributed by atoms with Crippen LogP contribution in [0.2, 0.25) is 5.02 Å². The van der Waals surface area contributed by atoms with Gasteiger partial charge in [-0.3, -0.25) is 4.79 Å². The van der Waals surface area contributed by atoms with Crippen molar-refractivity contribution in [1.82, 2.24) is 9.78 Å². The van der Waals surface area contributed by atoms with Crippen LogP contribution in [0.4, 0.5) is 18.9 Å². The minimum atomic E-state index is -4.76. The van der Waals surface area contributed by atoms with Gasteiger partial charge in [0.2, 0.25) is 0 Å². The van der Waals surface area contributed by atoms with E-state index in [0.29, 0.717) is 15.4 Å². The van der Waals surface area contributed by atoms with Crippen molar-refractivity contribution in [1.29, 1.82) is 0 Å². The van der Waals surface area contributed by atoms with Crippen LogP contribution in [0.1, 0.15) is 33.6 Å². The number of aromatic nitrogens is 2. The quantitative estimate of drug-likeness (QED) is 0.644. The lowest BCUT2D eigenvalue weighted by Crippen LogP contribution is -2.20. The highest BCUT2D eigenvalue weighted by Crippen LogP contribution is 2.34. The second-order valence-electron chi connectivity index (χ2n) is 6.58. The lowest BCUT2D eigenvalue weighted by molar-refractivity contribution is -0.143. The SMILES string of the molecule is O=C(Nc1ccc2c(c1)CCC2)c1cnn(-c2ccc(Cl)cc2)c1C(F)(F)F. The predicted octanol–water partition coefficient (Wildman–Crippen LogP) is 5.29. The summed E-state index contributed by atoms with van der Waals surface area (Å²) in [6.07, 6.45) is -0.906. The van der Waals surface area contributed by atoms with Crippen molar-refractivity contribution in [2.24, 2.45) is 0 Å². The second kappa shape index (κ2) is 6.98. The van der Waals surface area contributed by atoms with Gasteiger partial charge >= 0.3 is 6.18 Å². The molecule has 3 aromatic rings. The molecule has 0 atom stereocenters. The van der Waals surface area contributed by atoms with Crippen LogP contribution in [0.15, 0.2) is 48.7 Å². The zero-order chi connectivity index (χ0) is 19.9. The van der Waals surface area contributed by atoms with Crippen LogP contribution in [0.3, 0.4) is 0 Å². The Morgan fingerprint density at radius 1 is 1.07 bits per heavy atom. The molecular formula is C20H15ClF3N3O. The number of anilines is 1. The van der Waals surface area contributed by atoms with Gasteiger partial charge in [-0.05, 0) is 66.8 Å². The van der Waals surface area contributed by atoms with Crippen molar-refractivity contribution in [3.63, 3.8) is 0 Å². The number of nitrogens with zero attached hydrogens (tertiary/aromatic N) is 2. The van der Waals surface area contributed by atoms with Crippen molar-refractivity contribution in [2.45, 2.75) is 25.4 Å². The fourth-order valence-electron chi connectivity index (χ4n) is 3.41. The third-order valence-corrected chi connectivity index (χ3v) is 4.96. The molecule has 1 heterocycles. The van der Waals surface area contributed by atoms with Crippen LogP contribution in [-0.2, 0) is 19.0 Å². The molecule has 0 saturated carbocycles. The van der Waals surface area contributed by atoms with E-state index in [1.54, 1.807) is 6.07 Å². The molecule has 0 spiro atoms. The number of benzene rings is 2. The fourth-order valence-corrected chi connectivity index (χ4v) is 3.54. The van der Waals surface area contributed by atoms with Gasteiger partial charge in [0.1, 0.15) is 0 Å². The van der Waals surface area contributed by atoms with Crippen LogP contribution < -0.4 is 5.32 Å². The normalized spacial score (nSPS) is 13.4. The van der Waals surface area contributed by atoms with Crippen molar-refractivity contribution < 1.29 is 18.0 Å². The zero-order valence-corrected chi connectivity index (χ0v) is 15.3. The molecule has 28 heavy (non-hydrogen) atoms. The molecule has 1 aliphatic rings. The summed E-state index contributed by atoms with van der Waals surface area (Å²) >= 11 is 5.80. The maximum Gasteiger partial charge on any atom is 0.434 e. The number of hydrogen-bond donors (Lipinski definition) is 1. The van der Waals surface area contributed by atoms with E-state index in [-0.39, 0.29) is 5.69 Å². The molecule has 2 aromatic carbocycles. The van der Waals surface area contributed by atoms with Gasteiger partial charge in [0.05, 0.1) is 17.4 Å². The van der Waals surface area contributed by atoms with Gasteiger partial charge in [-0.1, -0.05) is 17.7 Å². The largest absolute Gasteiger partial charge is 0.434 e. The third-order valence-electron chi connectivity index (χ3n) is 4.71. The molecule has 0 aliphatic heterocycles. The van der Waals surface area contributed by atoms with Crippen molar-refractivity contribution in [2.75, 3.05) is 5.32 Å². The Bertz CT molecular complexity index is 1040. The summed E-state index contributed by atoms with van der Waals surface area (Å²) in [4.78, 5) is 12.6. The molecule has 144 valence electrons. The smallest absolute Gasteiger partial charge is 0.322 e. The van der Waals surface area contributed by atoms with Crippen LogP contribution in [0, 0.1) is 0 Å². The van der Waals surface area contributed by atoms with Crippen LogP contribution in [0.25, 0.3) is 5.69 Å². The van der Waals surface area contributed by atoms with Crippen molar-refractivity contribution in [3.05, 3.63) is 76.1 Å². The van der Waals surface area contributed by atoms with E-state index in [4.69, 9.17) is 11.6 Å². The number of halogens is 4. The van der Waals surface area contributed by atoms with Crippen LogP contribution >= 0.6 is 11.6 Å². The van der Waals surface area contributed by atoms with Gasteiger partial charge in [-0.15, -0.1) is 0 Å². The average molecular weight is 406 g/mol. The van der Waals surface area contributed by atoms with Crippen molar-refractivity contribution in [3.8, 4) is 5.69 Å². The van der Waals surface area contributed by atoms with E-state index >= 15 is 0 Å². The number of fused-ring (bicyclic) bond motifs is 1. The Morgan fingerprint density at radius 2 is 1.79 bits per heavy atom. The summed E-state index contributed by atoms with van der Waals surface area (Å²) in [7, 11) is 0. The molecule has 0 saturated heterocycles. The van der Waals surface area contributed by atoms with Crippen molar-refractivity contribution >= 4 is 23.2 Å². The molecule has 4 rings (SSSR count). The standard InChI is InChI=1S/C20H15ClF3N3O/c21-14-5-8-16(9-6-14)27-18(20(22,23)24)17(11-25-27)19(28)26-15-7-4-12-2-1-3-13(12)10-15/h4-11H,1-3H2,(H,26,28). The molecular weight excluding hydrogens is 391 g/mol. The zero-order valence-electron chi connectivity index (χ0n) is 14.6. The van der Waals surface area contributed by atoms with Crippen LogP contribution in [0.5, 0.6) is 0 Å². The number of nitrogens with one attached hydrogen (secondary N) is 1. The molecule has 1 amide bonds. The molecule has 1 aromatic heterocycles. The molecule has 8 heteroatoms. The molecule has 1 N–H and O–H groups in total. The summed E-state index contributed by atoms with van der Waals surface area (Å²) in [6.45, 7) is 0. The number of carbonyl (C=O) groups excluding carboxylic acids is 1. The van der Waals surface area contributed by atoms with E-state index in [1.807, 2.05) is 12.1 Å². The molecule has 0 bridgehead atoms. The molecule has 0 radical (unpaired) electrons. The first-order valence-electron chi connectivity index (χ1n) is 8.67. The predicted molar refractivity (Wildman–Crippen MR) is 100.0 cm³/mol. The highest BCUT2D eigenvalue weighted by Gasteiger charge is 2.40. The van der Waals surface area contributed by atoms with Gasteiger partial charge < -0.3 is 5.32 Å². The van der Waals surface area contributed by atoms with Gasteiger partial charge in [0.15, 0.2) is 5.69 Å². The third kappa shape index (κ3) is 3.49. The summed E-state index contributed by atoms with van der Waals surface area (Å²) in [6, 6.07) is 11.2. The molecule has 1 aliphatic carbocycles. The van der Waals surface area contributed by atoms with E-state index in [9.17, 15) is 18.0 Å². The number of amides is 1. The minimum absolute atomic E-state index is 0.160. The van der Waals surface area contributed by atoms with E-state index in [2.05, 4.69) is 10.4 Å². The first-order chi connectivity index (χ1) is 13.3. The van der Waals surface area contributed by atoms with E-state index in [1.165, 1.54) is 29.8 Å². The summed E-state index contributed by atoms with van der Waals surface area (Å²) in [5, 5.41) is 6.74. The van der Waals surface area contributed by atoms with E-state index < -0.39 is 23.3 Å².